The summed E-state index contributed by atoms with van der Waals surface area (Å²) < 4.78 is 23.9. The number of hydrogen-bond donors (Lipinski definition) is 1. The topological polar surface area (TPSA) is 78.6 Å². The second kappa shape index (κ2) is 5.92. The monoisotopic (exact) mass is 313 g/mol. The fourth-order valence-corrected chi connectivity index (χ4v) is 2.16. The maximum absolute atomic E-state index is 13.2. The zero-order valence-electron chi connectivity index (χ0n) is 11.9. The van der Waals surface area contributed by atoms with Gasteiger partial charge in [0.15, 0.2) is 12.4 Å². The van der Waals surface area contributed by atoms with Gasteiger partial charge in [0.25, 0.3) is 5.91 Å². The maximum atomic E-state index is 13.2. The van der Waals surface area contributed by atoms with Crippen LogP contribution in [0.3, 0.4) is 0 Å². The van der Waals surface area contributed by atoms with Crippen molar-refractivity contribution < 1.29 is 23.5 Å². The highest BCUT2D eigenvalue weighted by Crippen LogP contribution is 2.34. The molecular weight excluding hydrogens is 301 g/mol. The van der Waals surface area contributed by atoms with E-state index in [9.17, 15) is 14.0 Å². The molecule has 2 N–H and O–H groups in total. The van der Waals surface area contributed by atoms with E-state index in [-0.39, 0.29) is 18.1 Å². The molecule has 0 aliphatic carbocycles. The van der Waals surface area contributed by atoms with E-state index in [2.05, 4.69) is 0 Å². The standard InChI is InChI=1S/C17H12FNO4/c18-11-3-1-2-10(6-11)7-15-17(21)13-5-4-12(8-14(13)23-15)22-9-16(19)20/h1-8H,9H2,(H2,19,20). The number of primary amides is 1. The highest BCUT2D eigenvalue weighted by molar-refractivity contribution is 6.14. The van der Waals surface area contributed by atoms with Gasteiger partial charge in [-0.2, -0.15) is 0 Å². The van der Waals surface area contributed by atoms with Gasteiger partial charge in [-0.25, -0.2) is 4.39 Å². The molecule has 116 valence electrons. The maximum Gasteiger partial charge on any atom is 0.255 e. The van der Waals surface area contributed by atoms with Crippen LogP contribution in [0.25, 0.3) is 6.08 Å². The molecule has 0 unspecified atom stereocenters. The van der Waals surface area contributed by atoms with Gasteiger partial charge >= 0.3 is 0 Å². The molecule has 0 saturated carbocycles. The highest BCUT2D eigenvalue weighted by atomic mass is 19.1. The molecular formula is C17H12FNO4. The quantitative estimate of drug-likeness (QED) is 0.879. The lowest BCUT2D eigenvalue weighted by Crippen LogP contribution is -2.19. The van der Waals surface area contributed by atoms with Crippen LogP contribution in [0.1, 0.15) is 15.9 Å². The van der Waals surface area contributed by atoms with Crippen LogP contribution in [0.15, 0.2) is 48.2 Å². The van der Waals surface area contributed by atoms with Crippen molar-refractivity contribution in [2.75, 3.05) is 6.61 Å². The number of carbonyl (C=O) groups excluding carboxylic acids is 2. The summed E-state index contributed by atoms with van der Waals surface area (Å²) in [6.07, 6.45) is 1.47. The Morgan fingerprint density at radius 3 is 2.83 bits per heavy atom. The minimum atomic E-state index is -0.603. The van der Waals surface area contributed by atoms with Gasteiger partial charge in [0.05, 0.1) is 5.56 Å². The van der Waals surface area contributed by atoms with Crippen LogP contribution >= 0.6 is 0 Å². The van der Waals surface area contributed by atoms with Gasteiger partial charge < -0.3 is 15.2 Å². The molecule has 1 aliphatic rings. The Morgan fingerprint density at radius 2 is 2.09 bits per heavy atom. The van der Waals surface area contributed by atoms with Crippen LogP contribution in [0, 0.1) is 5.82 Å². The molecule has 0 aromatic heterocycles. The van der Waals surface area contributed by atoms with Crippen LogP contribution in [0.2, 0.25) is 0 Å². The predicted molar refractivity (Wildman–Crippen MR) is 80.5 cm³/mol. The minimum absolute atomic E-state index is 0.0950. The molecule has 1 heterocycles. The van der Waals surface area contributed by atoms with Crippen LogP contribution in [0.5, 0.6) is 11.5 Å². The Labute approximate surface area is 131 Å². The Bertz CT molecular complexity index is 829. The Balaban J connectivity index is 1.85. The van der Waals surface area contributed by atoms with Gasteiger partial charge in [0.1, 0.15) is 17.3 Å². The van der Waals surface area contributed by atoms with Gasteiger partial charge in [-0.05, 0) is 35.9 Å². The fraction of sp³-hybridized carbons (Fsp3) is 0.0588. The van der Waals surface area contributed by atoms with Crippen LogP contribution in [-0.2, 0) is 4.79 Å². The number of Topliss-reactive ketones (excluding diaryl/α,β-unsaturated/α-hetero) is 1. The van der Waals surface area contributed by atoms with Crippen molar-refractivity contribution in [3.05, 3.63) is 65.2 Å². The molecule has 0 atom stereocenters. The van der Waals surface area contributed by atoms with Gasteiger partial charge in [-0.15, -0.1) is 0 Å². The molecule has 1 aliphatic heterocycles. The second-order valence-corrected chi connectivity index (χ2v) is 4.91. The van der Waals surface area contributed by atoms with E-state index < -0.39 is 11.7 Å². The normalized spacial score (nSPS) is 14.5. The first-order chi connectivity index (χ1) is 11.0. The molecule has 23 heavy (non-hydrogen) atoms. The molecule has 6 heteroatoms. The van der Waals surface area contributed by atoms with Crippen molar-refractivity contribution >= 4 is 17.8 Å². The number of carbonyl (C=O) groups is 2. The molecule has 0 radical (unpaired) electrons. The smallest absolute Gasteiger partial charge is 0.255 e. The average molecular weight is 313 g/mol. The zero-order valence-corrected chi connectivity index (χ0v) is 11.9. The minimum Gasteiger partial charge on any atom is -0.484 e. The number of nitrogens with two attached hydrogens (primary N) is 1. The summed E-state index contributed by atoms with van der Waals surface area (Å²) in [5, 5.41) is 0. The number of ketones is 1. The molecule has 0 fully saturated rings. The Kier molecular flexibility index (Phi) is 3.80. The van der Waals surface area contributed by atoms with E-state index in [0.29, 0.717) is 22.6 Å². The molecule has 1 amide bonds. The van der Waals surface area contributed by atoms with Gasteiger partial charge in [0.2, 0.25) is 5.78 Å². The summed E-state index contributed by atoms with van der Waals surface area (Å²) in [7, 11) is 0. The van der Waals surface area contributed by atoms with E-state index >= 15 is 0 Å². The summed E-state index contributed by atoms with van der Waals surface area (Å²) in [6.45, 7) is -0.265. The van der Waals surface area contributed by atoms with Crippen molar-refractivity contribution in [1.29, 1.82) is 0 Å². The SMILES string of the molecule is NC(=O)COc1ccc2c(c1)OC(=Cc1cccc(F)c1)C2=O. The van der Waals surface area contributed by atoms with E-state index in [4.69, 9.17) is 15.2 Å². The average Bonchev–Trinajstić information content (AvgIpc) is 2.81. The lowest BCUT2D eigenvalue weighted by atomic mass is 10.1. The lowest BCUT2D eigenvalue weighted by Gasteiger charge is -2.04. The summed E-state index contributed by atoms with van der Waals surface area (Å²) in [6, 6.07) is 10.4. The van der Waals surface area contributed by atoms with Crippen molar-refractivity contribution in [1.82, 2.24) is 0 Å². The highest BCUT2D eigenvalue weighted by Gasteiger charge is 2.27. The molecule has 0 spiro atoms. The number of ether oxygens (including phenoxy) is 2. The number of allylic oxidation sites excluding steroid dienone is 1. The first-order valence-corrected chi connectivity index (χ1v) is 6.78. The zero-order chi connectivity index (χ0) is 16.4. The van der Waals surface area contributed by atoms with Gasteiger partial charge in [-0.3, -0.25) is 9.59 Å². The Morgan fingerprint density at radius 1 is 1.26 bits per heavy atom. The molecule has 3 rings (SSSR count). The molecule has 0 bridgehead atoms. The number of halogens is 1. The summed E-state index contributed by atoms with van der Waals surface area (Å²) >= 11 is 0. The van der Waals surface area contributed by atoms with Crippen LogP contribution < -0.4 is 15.2 Å². The third-order valence-electron chi connectivity index (χ3n) is 3.17. The van der Waals surface area contributed by atoms with E-state index in [1.165, 1.54) is 24.3 Å². The van der Waals surface area contributed by atoms with Gasteiger partial charge in [0, 0.05) is 6.07 Å². The Hall–Kier alpha value is -3.15. The van der Waals surface area contributed by atoms with E-state index in [0.717, 1.165) is 0 Å². The number of benzene rings is 2. The first-order valence-electron chi connectivity index (χ1n) is 6.78. The van der Waals surface area contributed by atoms with Crippen molar-refractivity contribution in [2.45, 2.75) is 0 Å². The largest absolute Gasteiger partial charge is 0.484 e. The summed E-state index contributed by atoms with van der Waals surface area (Å²) in [5.41, 5.74) is 5.90. The van der Waals surface area contributed by atoms with Crippen molar-refractivity contribution in [2.24, 2.45) is 5.73 Å². The molecule has 2 aromatic carbocycles. The van der Waals surface area contributed by atoms with Crippen molar-refractivity contribution in [3.8, 4) is 11.5 Å². The number of hydrogen-bond acceptors (Lipinski definition) is 4. The summed E-state index contributed by atoms with van der Waals surface area (Å²) in [4.78, 5) is 23.0. The second-order valence-electron chi connectivity index (χ2n) is 4.91. The molecule has 0 saturated heterocycles. The molecule has 5 nitrogen and oxygen atoms in total. The first kappa shape index (κ1) is 14.8. The third-order valence-corrected chi connectivity index (χ3v) is 3.17. The molecule has 2 aromatic rings. The summed E-state index contributed by atoms with van der Waals surface area (Å²) in [5.74, 6) is -0.524. The van der Waals surface area contributed by atoms with E-state index in [1.807, 2.05) is 0 Å². The van der Waals surface area contributed by atoms with E-state index in [1.54, 1.807) is 24.3 Å². The van der Waals surface area contributed by atoms with Crippen molar-refractivity contribution in [3.63, 3.8) is 0 Å². The van der Waals surface area contributed by atoms with Crippen LogP contribution in [0.4, 0.5) is 4.39 Å². The number of fused-ring (bicyclic) bond motifs is 1. The third kappa shape index (κ3) is 3.21. The lowest BCUT2D eigenvalue weighted by molar-refractivity contribution is -0.119. The predicted octanol–water partition coefficient (Wildman–Crippen LogP) is 2.31. The van der Waals surface area contributed by atoms with Gasteiger partial charge in [-0.1, -0.05) is 12.1 Å². The fourth-order valence-electron chi connectivity index (χ4n) is 2.16. The number of rotatable bonds is 4. The number of amides is 1. The van der Waals surface area contributed by atoms with Crippen LogP contribution in [-0.4, -0.2) is 18.3 Å².